The average Bonchev–Trinajstić information content (AvgIpc) is 3.06. The number of halogens is 1. The molecule has 7 nitrogen and oxygen atoms in total. The topological polar surface area (TPSA) is 80.1 Å². The Morgan fingerprint density at radius 3 is 2.50 bits per heavy atom. The van der Waals surface area contributed by atoms with Gasteiger partial charge in [0, 0.05) is 26.1 Å². The van der Waals surface area contributed by atoms with Gasteiger partial charge in [0.05, 0.1) is 11.9 Å². The van der Waals surface area contributed by atoms with Gasteiger partial charge < -0.3 is 10.2 Å². The second kappa shape index (κ2) is 6.77. The first-order valence-electron chi connectivity index (χ1n) is 7.77. The maximum atomic E-state index is 12.9. The Morgan fingerprint density at radius 2 is 1.88 bits per heavy atom. The van der Waals surface area contributed by atoms with Crippen LogP contribution in [0.5, 0.6) is 0 Å². The molecule has 0 atom stereocenters. The molecule has 1 aliphatic heterocycles. The molecule has 3 rings (SSSR count). The summed E-state index contributed by atoms with van der Waals surface area (Å²) in [5.41, 5.74) is 0.825. The fourth-order valence-electron chi connectivity index (χ4n) is 2.69. The van der Waals surface area contributed by atoms with Gasteiger partial charge in [-0.3, -0.25) is 9.59 Å². The van der Waals surface area contributed by atoms with Crippen LogP contribution >= 0.6 is 0 Å². The van der Waals surface area contributed by atoms with E-state index in [2.05, 4.69) is 15.6 Å². The molecule has 0 unspecified atom stereocenters. The van der Waals surface area contributed by atoms with E-state index in [1.807, 2.05) is 0 Å². The Bertz CT molecular complexity index is 735. The lowest BCUT2D eigenvalue weighted by Gasteiger charge is -2.31. The summed E-state index contributed by atoms with van der Waals surface area (Å²) < 4.78 is 14.4. The van der Waals surface area contributed by atoms with Gasteiger partial charge >= 0.3 is 0 Å². The van der Waals surface area contributed by atoms with E-state index in [4.69, 9.17) is 0 Å². The standard InChI is InChI=1S/C16H18FN5O2/c1-11(23)21-8-6-13(7-9-21)18-16(24)15-10-22(20-19-15)14-4-2-12(17)3-5-14/h2-5,10,13H,6-9H2,1H3,(H,18,24). The Balaban J connectivity index is 1.60. The molecule has 8 heteroatoms. The molecule has 24 heavy (non-hydrogen) atoms. The highest BCUT2D eigenvalue weighted by Crippen LogP contribution is 2.12. The molecule has 2 heterocycles. The third-order valence-corrected chi connectivity index (χ3v) is 4.09. The number of benzene rings is 1. The quantitative estimate of drug-likeness (QED) is 0.915. The van der Waals surface area contributed by atoms with Crippen molar-refractivity contribution >= 4 is 11.8 Å². The highest BCUT2D eigenvalue weighted by molar-refractivity contribution is 5.92. The molecule has 1 fully saturated rings. The first-order valence-corrected chi connectivity index (χ1v) is 7.77. The summed E-state index contributed by atoms with van der Waals surface area (Å²) in [4.78, 5) is 25.3. The first-order chi connectivity index (χ1) is 11.5. The van der Waals surface area contributed by atoms with Crippen LogP contribution in [0.4, 0.5) is 4.39 Å². The maximum Gasteiger partial charge on any atom is 0.273 e. The van der Waals surface area contributed by atoms with Crippen LogP contribution < -0.4 is 5.32 Å². The number of carbonyl (C=O) groups is 2. The van der Waals surface area contributed by atoms with Crippen LogP contribution in [0, 0.1) is 5.82 Å². The molecule has 1 saturated heterocycles. The van der Waals surface area contributed by atoms with Gasteiger partial charge in [0.2, 0.25) is 5.91 Å². The lowest BCUT2D eigenvalue weighted by Crippen LogP contribution is -2.46. The summed E-state index contributed by atoms with van der Waals surface area (Å²) in [6.45, 7) is 2.83. The molecule has 0 bridgehead atoms. The van der Waals surface area contributed by atoms with E-state index in [1.54, 1.807) is 24.0 Å². The van der Waals surface area contributed by atoms with Gasteiger partial charge in [0.15, 0.2) is 5.69 Å². The minimum absolute atomic E-state index is 0.0177. The van der Waals surface area contributed by atoms with Gasteiger partial charge in [-0.1, -0.05) is 5.21 Å². The van der Waals surface area contributed by atoms with E-state index in [9.17, 15) is 14.0 Å². The zero-order chi connectivity index (χ0) is 17.1. The van der Waals surface area contributed by atoms with Crippen LogP contribution in [0.15, 0.2) is 30.5 Å². The Morgan fingerprint density at radius 1 is 1.21 bits per heavy atom. The number of piperidine rings is 1. The van der Waals surface area contributed by atoms with Crippen molar-refractivity contribution in [3.05, 3.63) is 42.0 Å². The molecule has 2 aromatic rings. The fraction of sp³-hybridized carbons (Fsp3) is 0.375. The van der Waals surface area contributed by atoms with Gasteiger partial charge in [0.25, 0.3) is 5.91 Å². The van der Waals surface area contributed by atoms with Crippen molar-refractivity contribution in [2.75, 3.05) is 13.1 Å². The van der Waals surface area contributed by atoms with Crippen molar-refractivity contribution in [3.8, 4) is 5.69 Å². The van der Waals surface area contributed by atoms with E-state index >= 15 is 0 Å². The number of nitrogens with one attached hydrogen (secondary N) is 1. The van der Waals surface area contributed by atoms with Crippen LogP contribution in [0.2, 0.25) is 0 Å². The summed E-state index contributed by atoms with van der Waals surface area (Å²) in [6.07, 6.45) is 2.95. The van der Waals surface area contributed by atoms with Gasteiger partial charge in [-0.25, -0.2) is 9.07 Å². The van der Waals surface area contributed by atoms with Crippen LogP contribution in [0.25, 0.3) is 5.69 Å². The SMILES string of the molecule is CC(=O)N1CCC(NC(=O)c2cn(-c3ccc(F)cc3)nn2)CC1. The summed E-state index contributed by atoms with van der Waals surface area (Å²) in [6, 6.07) is 5.77. The van der Waals surface area contributed by atoms with Crippen molar-refractivity contribution in [2.24, 2.45) is 0 Å². The molecule has 0 radical (unpaired) electrons. The van der Waals surface area contributed by atoms with E-state index in [1.165, 1.54) is 23.0 Å². The van der Waals surface area contributed by atoms with Crippen molar-refractivity contribution in [3.63, 3.8) is 0 Å². The third kappa shape index (κ3) is 3.58. The van der Waals surface area contributed by atoms with Gasteiger partial charge in [-0.15, -0.1) is 5.10 Å². The third-order valence-electron chi connectivity index (χ3n) is 4.09. The summed E-state index contributed by atoms with van der Waals surface area (Å²) in [5, 5.41) is 10.7. The Kier molecular flexibility index (Phi) is 4.54. The van der Waals surface area contributed by atoms with E-state index in [-0.39, 0.29) is 29.4 Å². The van der Waals surface area contributed by atoms with Crippen LogP contribution in [0.1, 0.15) is 30.3 Å². The molecular formula is C16H18FN5O2. The van der Waals surface area contributed by atoms with Crippen LogP contribution in [0.3, 0.4) is 0 Å². The molecule has 1 aliphatic rings. The smallest absolute Gasteiger partial charge is 0.273 e. The zero-order valence-electron chi connectivity index (χ0n) is 13.3. The second-order valence-electron chi connectivity index (χ2n) is 5.78. The minimum Gasteiger partial charge on any atom is -0.348 e. The van der Waals surface area contributed by atoms with E-state index < -0.39 is 0 Å². The fourth-order valence-corrected chi connectivity index (χ4v) is 2.69. The average molecular weight is 331 g/mol. The number of amides is 2. The largest absolute Gasteiger partial charge is 0.348 e. The summed E-state index contributed by atoms with van der Waals surface area (Å²) in [7, 11) is 0. The molecule has 1 N–H and O–H groups in total. The number of aromatic nitrogens is 3. The minimum atomic E-state index is -0.339. The van der Waals surface area contributed by atoms with Gasteiger partial charge in [-0.2, -0.15) is 0 Å². The van der Waals surface area contributed by atoms with Gasteiger partial charge in [-0.05, 0) is 37.1 Å². The molecule has 0 spiro atoms. The number of hydrogen-bond donors (Lipinski definition) is 1. The number of carbonyl (C=O) groups excluding carboxylic acids is 2. The first kappa shape index (κ1) is 16.1. The monoisotopic (exact) mass is 331 g/mol. The maximum absolute atomic E-state index is 12.9. The van der Waals surface area contributed by atoms with Crippen LogP contribution in [-0.4, -0.2) is 50.8 Å². The Hall–Kier alpha value is -2.77. The van der Waals surface area contributed by atoms with Crippen molar-refractivity contribution in [2.45, 2.75) is 25.8 Å². The molecule has 1 aromatic heterocycles. The molecular weight excluding hydrogens is 313 g/mol. The van der Waals surface area contributed by atoms with Gasteiger partial charge in [0.1, 0.15) is 5.82 Å². The van der Waals surface area contributed by atoms with Crippen molar-refractivity contribution < 1.29 is 14.0 Å². The zero-order valence-corrected chi connectivity index (χ0v) is 13.3. The Labute approximate surface area is 138 Å². The molecule has 2 amide bonds. The molecule has 0 saturated carbocycles. The predicted molar refractivity (Wildman–Crippen MR) is 84.1 cm³/mol. The predicted octanol–water partition coefficient (Wildman–Crippen LogP) is 1.15. The van der Waals surface area contributed by atoms with E-state index in [0.29, 0.717) is 18.8 Å². The highest BCUT2D eigenvalue weighted by Gasteiger charge is 2.23. The lowest BCUT2D eigenvalue weighted by atomic mass is 10.0. The second-order valence-corrected chi connectivity index (χ2v) is 5.78. The molecule has 1 aromatic carbocycles. The van der Waals surface area contributed by atoms with E-state index in [0.717, 1.165) is 12.8 Å². The normalized spacial score (nSPS) is 15.3. The molecule has 0 aliphatic carbocycles. The number of rotatable bonds is 3. The van der Waals surface area contributed by atoms with Crippen LogP contribution in [-0.2, 0) is 4.79 Å². The lowest BCUT2D eigenvalue weighted by molar-refractivity contribution is -0.129. The summed E-state index contributed by atoms with van der Waals surface area (Å²) in [5.74, 6) is -0.583. The molecule has 126 valence electrons. The summed E-state index contributed by atoms with van der Waals surface area (Å²) >= 11 is 0. The van der Waals surface area contributed by atoms with Crippen molar-refractivity contribution in [1.29, 1.82) is 0 Å². The van der Waals surface area contributed by atoms with Crippen molar-refractivity contribution in [1.82, 2.24) is 25.2 Å². The number of nitrogens with zero attached hydrogens (tertiary/aromatic N) is 4. The number of likely N-dealkylation sites (tertiary alicyclic amines) is 1. The number of hydrogen-bond acceptors (Lipinski definition) is 4. The highest BCUT2D eigenvalue weighted by atomic mass is 19.1.